The Labute approximate surface area is 170 Å². The fraction of sp³-hybridized carbons (Fsp3) is 0.190. The van der Waals surface area contributed by atoms with E-state index >= 15 is 0 Å². The van der Waals surface area contributed by atoms with Crippen molar-refractivity contribution < 1.29 is 9.18 Å². The van der Waals surface area contributed by atoms with Crippen molar-refractivity contribution >= 4 is 22.6 Å². The van der Waals surface area contributed by atoms with E-state index in [0.717, 1.165) is 22.4 Å². The number of aromatic nitrogens is 5. The summed E-state index contributed by atoms with van der Waals surface area (Å²) in [4.78, 5) is 27.6. The van der Waals surface area contributed by atoms with Gasteiger partial charge in [-0.25, -0.2) is 13.8 Å². The maximum atomic E-state index is 13.2. The highest BCUT2D eigenvalue weighted by Crippen LogP contribution is 2.31. The molecule has 3 heterocycles. The zero-order valence-corrected chi connectivity index (χ0v) is 16.1. The van der Waals surface area contributed by atoms with Crippen LogP contribution >= 0.6 is 0 Å². The predicted octanol–water partition coefficient (Wildman–Crippen LogP) is 2.09. The van der Waals surface area contributed by atoms with Gasteiger partial charge in [-0.2, -0.15) is 5.10 Å². The number of carbonyl (C=O) groups excluding carboxylic acids is 1. The Balaban J connectivity index is 1.47. The summed E-state index contributed by atoms with van der Waals surface area (Å²) in [5.74, 6) is -0.603. The molecule has 1 atom stereocenters. The third-order valence-corrected chi connectivity index (χ3v) is 5.29. The molecule has 1 unspecified atom stereocenters. The number of benzene rings is 2. The van der Waals surface area contributed by atoms with Gasteiger partial charge in [0.2, 0.25) is 5.91 Å². The van der Waals surface area contributed by atoms with Gasteiger partial charge in [0.1, 0.15) is 17.7 Å². The van der Waals surface area contributed by atoms with Crippen LogP contribution in [-0.4, -0.2) is 36.7 Å². The van der Waals surface area contributed by atoms with Crippen LogP contribution in [0.25, 0.3) is 16.7 Å². The number of anilines is 1. The first-order valence-electron chi connectivity index (χ1n) is 9.50. The molecule has 4 aromatic rings. The van der Waals surface area contributed by atoms with Gasteiger partial charge in [0, 0.05) is 11.7 Å². The second-order valence-corrected chi connectivity index (χ2v) is 7.27. The van der Waals surface area contributed by atoms with Gasteiger partial charge in [0.05, 0.1) is 11.9 Å². The average Bonchev–Trinajstić information content (AvgIpc) is 3.31. The minimum atomic E-state index is -0.457. The molecule has 2 aromatic carbocycles. The van der Waals surface area contributed by atoms with Crippen LogP contribution in [-0.2, 0) is 17.8 Å². The van der Waals surface area contributed by atoms with Gasteiger partial charge in [-0.15, -0.1) is 5.10 Å². The molecule has 0 bridgehead atoms. The first-order valence-corrected chi connectivity index (χ1v) is 9.50. The molecule has 0 saturated heterocycles. The van der Waals surface area contributed by atoms with E-state index < -0.39 is 5.56 Å². The third-order valence-electron chi connectivity index (χ3n) is 5.29. The first kappa shape index (κ1) is 18.2. The summed E-state index contributed by atoms with van der Waals surface area (Å²) >= 11 is 0. The molecular formula is C21H17FN6O2. The second kappa shape index (κ2) is 6.87. The lowest BCUT2D eigenvalue weighted by molar-refractivity contribution is -0.119. The number of nitrogens with zero attached hydrogens (tertiary/aromatic N) is 6. The van der Waals surface area contributed by atoms with E-state index in [1.165, 1.54) is 35.1 Å². The van der Waals surface area contributed by atoms with Crippen molar-refractivity contribution in [1.82, 2.24) is 24.8 Å². The summed E-state index contributed by atoms with van der Waals surface area (Å²) in [6.45, 7) is 1.75. The van der Waals surface area contributed by atoms with E-state index in [-0.39, 0.29) is 35.3 Å². The van der Waals surface area contributed by atoms with E-state index in [9.17, 15) is 14.0 Å². The fourth-order valence-corrected chi connectivity index (χ4v) is 3.89. The number of carbonyl (C=O) groups is 1. The van der Waals surface area contributed by atoms with Gasteiger partial charge in [-0.05, 0) is 49.2 Å². The van der Waals surface area contributed by atoms with E-state index in [1.54, 1.807) is 4.90 Å². The topological polar surface area (TPSA) is 85.9 Å². The van der Waals surface area contributed by atoms with Crippen LogP contribution in [0.4, 0.5) is 10.1 Å². The number of hydrogen-bond donors (Lipinski definition) is 0. The number of rotatable bonds is 3. The van der Waals surface area contributed by atoms with E-state index in [2.05, 4.69) is 15.4 Å². The highest BCUT2D eigenvalue weighted by Gasteiger charge is 2.31. The third kappa shape index (κ3) is 2.86. The first-order chi connectivity index (χ1) is 14.5. The molecule has 0 aliphatic carbocycles. The van der Waals surface area contributed by atoms with Crippen molar-refractivity contribution in [3.05, 3.63) is 76.5 Å². The van der Waals surface area contributed by atoms with Crippen LogP contribution in [0, 0.1) is 5.82 Å². The molecule has 1 aliphatic rings. The standard InChI is InChI=1S/C21H17FN6O2/c1-13-10-14-4-2-3-5-18(14)27(13)19(29)12-26-21(30)17-11-23-28(20(17)24-25-26)16-8-6-15(22)7-9-16/h2-9,11,13H,10,12H2,1H3. The summed E-state index contributed by atoms with van der Waals surface area (Å²) in [6, 6.07) is 13.4. The number of hydrogen-bond acceptors (Lipinski definition) is 5. The van der Waals surface area contributed by atoms with Crippen LogP contribution in [0.15, 0.2) is 59.5 Å². The highest BCUT2D eigenvalue weighted by molar-refractivity contribution is 5.96. The molecule has 5 rings (SSSR count). The highest BCUT2D eigenvalue weighted by atomic mass is 19.1. The molecule has 0 N–H and O–H groups in total. The normalized spacial score (nSPS) is 15.5. The fourth-order valence-electron chi connectivity index (χ4n) is 3.89. The number of amides is 1. The van der Waals surface area contributed by atoms with Crippen molar-refractivity contribution in [3.8, 4) is 5.69 Å². The van der Waals surface area contributed by atoms with E-state index in [0.29, 0.717) is 5.69 Å². The molecule has 0 spiro atoms. The summed E-state index contributed by atoms with van der Waals surface area (Å²) in [7, 11) is 0. The van der Waals surface area contributed by atoms with Gasteiger partial charge in [0.25, 0.3) is 5.56 Å². The molecule has 30 heavy (non-hydrogen) atoms. The van der Waals surface area contributed by atoms with Gasteiger partial charge in [-0.3, -0.25) is 9.59 Å². The lowest BCUT2D eigenvalue weighted by Crippen LogP contribution is -2.40. The maximum Gasteiger partial charge on any atom is 0.281 e. The molecule has 150 valence electrons. The Hall–Kier alpha value is -3.88. The zero-order valence-electron chi connectivity index (χ0n) is 16.1. The minimum Gasteiger partial charge on any atom is -0.307 e. The Morgan fingerprint density at radius 3 is 2.73 bits per heavy atom. The van der Waals surface area contributed by atoms with Crippen LogP contribution in [0.3, 0.4) is 0 Å². The average molecular weight is 404 g/mol. The summed E-state index contributed by atoms with van der Waals surface area (Å²) in [6.07, 6.45) is 2.15. The molecule has 2 aromatic heterocycles. The van der Waals surface area contributed by atoms with Crippen LogP contribution in [0.5, 0.6) is 0 Å². The van der Waals surface area contributed by atoms with Gasteiger partial charge < -0.3 is 4.90 Å². The molecule has 9 heteroatoms. The molecule has 0 fully saturated rings. The van der Waals surface area contributed by atoms with Gasteiger partial charge in [-0.1, -0.05) is 23.4 Å². The summed E-state index contributed by atoms with van der Waals surface area (Å²) < 4.78 is 15.6. The van der Waals surface area contributed by atoms with Crippen LogP contribution in [0.1, 0.15) is 12.5 Å². The minimum absolute atomic E-state index is 0.00326. The summed E-state index contributed by atoms with van der Waals surface area (Å²) in [5.41, 5.74) is 2.31. The Kier molecular flexibility index (Phi) is 4.16. The predicted molar refractivity (Wildman–Crippen MR) is 108 cm³/mol. The van der Waals surface area contributed by atoms with Crippen molar-refractivity contribution in [2.75, 3.05) is 4.90 Å². The zero-order chi connectivity index (χ0) is 20.8. The van der Waals surface area contributed by atoms with Crippen molar-refractivity contribution in [2.24, 2.45) is 0 Å². The van der Waals surface area contributed by atoms with Gasteiger partial charge in [0.15, 0.2) is 5.65 Å². The van der Waals surface area contributed by atoms with Crippen molar-refractivity contribution in [2.45, 2.75) is 25.9 Å². The lowest BCUT2D eigenvalue weighted by Gasteiger charge is -2.22. The molecule has 8 nitrogen and oxygen atoms in total. The van der Waals surface area contributed by atoms with Crippen molar-refractivity contribution in [3.63, 3.8) is 0 Å². The maximum absolute atomic E-state index is 13.2. The molecular weight excluding hydrogens is 387 g/mol. The van der Waals surface area contributed by atoms with Crippen molar-refractivity contribution in [1.29, 1.82) is 0 Å². The second-order valence-electron chi connectivity index (χ2n) is 7.27. The Bertz CT molecular complexity index is 1330. The van der Waals surface area contributed by atoms with E-state index in [1.807, 2.05) is 31.2 Å². The van der Waals surface area contributed by atoms with Crippen LogP contribution < -0.4 is 10.5 Å². The van der Waals surface area contributed by atoms with Crippen LogP contribution in [0.2, 0.25) is 0 Å². The number of halogens is 1. The largest absolute Gasteiger partial charge is 0.307 e. The van der Waals surface area contributed by atoms with Gasteiger partial charge >= 0.3 is 0 Å². The monoisotopic (exact) mass is 404 g/mol. The SMILES string of the molecule is CC1Cc2ccccc2N1C(=O)Cn1nnc2c(cnn2-c2ccc(F)cc2)c1=O. The Morgan fingerprint density at radius 2 is 1.93 bits per heavy atom. The lowest BCUT2D eigenvalue weighted by atomic mass is 10.1. The molecule has 0 saturated carbocycles. The molecule has 0 radical (unpaired) electrons. The molecule has 1 aliphatic heterocycles. The molecule has 1 amide bonds. The quantitative estimate of drug-likeness (QED) is 0.522. The van der Waals surface area contributed by atoms with E-state index in [4.69, 9.17) is 0 Å². The number of fused-ring (bicyclic) bond motifs is 2. The number of para-hydroxylation sites is 1. The Morgan fingerprint density at radius 1 is 1.17 bits per heavy atom. The summed E-state index contributed by atoms with van der Waals surface area (Å²) in [5, 5.41) is 12.5. The smallest absolute Gasteiger partial charge is 0.281 e.